The molecule has 0 saturated carbocycles. The third kappa shape index (κ3) is 4.24. The van der Waals surface area contributed by atoms with Crippen molar-refractivity contribution in [3.63, 3.8) is 0 Å². The van der Waals surface area contributed by atoms with Crippen molar-refractivity contribution in [2.75, 3.05) is 25.1 Å². The van der Waals surface area contributed by atoms with Crippen LogP contribution in [0.15, 0.2) is 48.5 Å². The van der Waals surface area contributed by atoms with Crippen molar-refractivity contribution in [3.05, 3.63) is 59.9 Å². The summed E-state index contributed by atoms with van der Waals surface area (Å²) in [6.07, 6.45) is 4.28. The third-order valence-corrected chi connectivity index (χ3v) is 6.31. The summed E-state index contributed by atoms with van der Waals surface area (Å²) >= 11 is 0. The summed E-state index contributed by atoms with van der Waals surface area (Å²) < 4.78 is 19.3. The molecule has 2 amide bonds. The second-order valence-corrected chi connectivity index (χ2v) is 8.10. The maximum absolute atomic E-state index is 14.1. The number of methoxy groups -OCH3 is 1. The molecule has 0 bridgehead atoms. The molecule has 1 atom stereocenters. The van der Waals surface area contributed by atoms with Gasteiger partial charge in [-0.2, -0.15) is 0 Å². The lowest BCUT2D eigenvalue weighted by Crippen LogP contribution is -2.46. The number of carbonyl (C=O) groups excluding carboxylic acids is 2. The number of amides is 2. The Labute approximate surface area is 176 Å². The second kappa shape index (κ2) is 8.96. The van der Waals surface area contributed by atoms with Gasteiger partial charge >= 0.3 is 0 Å². The highest BCUT2D eigenvalue weighted by atomic mass is 19.1. The number of rotatable bonds is 6. The molecule has 2 heterocycles. The molecule has 2 fully saturated rings. The number of carbonyl (C=O) groups is 2. The summed E-state index contributed by atoms with van der Waals surface area (Å²) in [6, 6.07) is 13.7. The number of ether oxygens (including phenoxy) is 1. The maximum Gasteiger partial charge on any atom is 0.251 e. The highest BCUT2D eigenvalue weighted by Crippen LogP contribution is 2.31. The van der Waals surface area contributed by atoms with Crippen LogP contribution in [0, 0.1) is 11.7 Å². The van der Waals surface area contributed by atoms with Crippen LogP contribution in [-0.4, -0.2) is 43.0 Å². The highest BCUT2D eigenvalue weighted by molar-refractivity contribution is 6.22. The van der Waals surface area contributed by atoms with Gasteiger partial charge < -0.3 is 4.74 Å². The van der Waals surface area contributed by atoms with E-state index < -0.39 is 11.9 Å². The molecule has 2 saturated heterocycles. The molecule has 2 aliphatic rings. The van der Waals surface area contributed by atoms with E-state index in [-0.39, 0.29) is 23.9 Å². The first kappa shape index (κ1) is 20.5. The van der Waals surface area contributed by atoms with Gasteiger partial charge in [-0.3, -0.25) is 14.5 Å². The predicted molar refractivity (Wildman–Crippen MR) is 113 cm³/mol. The van der Waals surface area contributed by atoms with Gasteiger partial charge in [0.25, 0.3) is 5.91 Å². The van der Waals surface area contributed by atoms with Crippen molar-refractivity contribution in [1.82, 2.24) is 4.90 Å². The Morgan fingerprint density at radius 3 is 2.40 bits per heavy atom. The highest BCUT2D eigenvalue weighted by Gasteiger charge is 2.44. The molecule has 6 heteroatoms. The molecule has 2 aromatic rings. The lowest BCUT2D eigenvalue weighted by molar-refractivity contribution is -0.123. The second-order valence-electron chi connectivity index (χ2n) is 8.10. The van der Waals surface area contributed by atoms with Crippen LogP contribution < -0.4 is 9.64 Å². The smallest absolute Gasteiger partial charge is 0.251 e. The lowest BCUT2D eigenvalue weighted by Gasteiger charge is -2.34. The van der Waals surface area contributed by atoms with Gasteiger partial charge in [0.2, 0.25) is 5.91 Å². The summed E-state index contributed by atoms with van der Waals surface area (Å²) in [6.45, 7) is 1.59. The summed E-state index contributed by atoms with van der Waals surface area (Å²) in [5.74, 6) is 0.307. The first-order valence-electron chi connectivity index (χ1n) is 10.5. The van der Waals surface area contributed by atoms with Gasteiger partial charge in [0.05, 0.1) is 25.3 Å². The van der Waals surface area contributed by atoms with Gasteiger partial charge in [-0.25, -0.2) is 9.29 Å². The third-order valence-electron chi connectivity index (χ3n) is 6.31. The molecule has 2 aliphatic heterocycles. The van der Waals surface area contributed by atoms with E-state index >= 15 is 0 Å². The van der Waals surface area contributed by atoms with Crippen molar-refractivity contribution in [1.29, 1.82) is 0 Å². The molecule has 0 N–H and O–H groups in total. The first-order chi connectivity index (χ1) is 14.6. The van der Waals surface area contributed by atoms with Gasteiger partial charge in [-0.05, 0) is 74.5 Å². The van der Waals surface area contributed by atoms with Crippen molar-refractivity contribution < 1.29 is 18.7 Å². The molecule has 158 valence electrons. The van der Waals surface area contributed by atoms with Gasteiger partial charge in [-0.1, -0.05) is 24.3 Å². The number of halogens is 1. The standard InChI is InChI=1S/C24H27FN2O3/c1-30-19-10-8-17(9-11-19)6-7-18-12-14-26(15-13-18)22-16-23(28)27(24(22)29)21-5-3-2-4-20(21)25/h2-5,8-11,18,22H,6-7,12-16H2,1H3. The first-order valence-corrected chi connectivity index (χ1v) is 10.5. The van der Waals surface area contributed by atoms with Crippen LogP contribution in [0.25, 0.3) is 0 Å². The van der Waals surface area contributed by atoms with E-state index in [1.807, 2.05) is 12.1 Å². The van der Waals surface area contributed by atoms with Gasteiger partial charge in [0.1, 0.15) is 11.6 Å². The Morgan fingerprint density at radius 1 is 1.03 bits per heavy atom. The number of aryl methyl sites for hydroxylation is 1. The Balaban J connectivity index is 1.31. The predicted octanol–water partition coefficient (Wildman–Crippen LogP) is 3.81. The maximum atomic E-state index is 14.1. The molecular formula is C24H27FN2O3. The summed E-state index contributed by atoms with van der Waals surface area (Å²) in [5, 5.41) is 0. The van der Waals surface area contributed by atoms with E-state index in [0.29, 0.717) is 5.92 Å². The van der Waals surface area contributed by atoms with Crippen molar-refractivity contribution >= 4 is 17.5 Å². The minimum Gasteiger partial charge on any atom is -0.497 e. The number of anilines is 1. The molecule has 2 aromatic carbocycles. The number of hydrogen-bond acceptors (Lipinski definition) is 4. The van der Waals surface area contributed by atoms with E-state index in [1.54, 1.807) is 19.2 Å². The van der Waals surface area contributed by atoms with Gasteiger partial charge in [0, 0.05) is 0 Å². The molecule has 1 unspecified atom stereocenters. The largest absolute Gasteiger partial charge is 0.497 e. The van der Waals surface area contributed by atoms with E-state index in [1.165, 1.54) is 17.7 Å². The summed E-state index contributed by atoms with van der Waals surface area (Å²) in [7, 11) is 1.67. The molecule has 0 aromatic heterocycles. The lowest BCUT2D eigenvalue weighted by atomic mass is 9.90. The minimum absolute atomic E-state index is 0.0596. The number of nitrogens with zero attached hydrogens (tertiary/aromatic N) is 2. The van der Waals surface area contributed by atoms with Crippen LogP contribution in [-0.2, 0) is 16.0 Å². The Morgan fingerprint density at radius 2 is 1.73 bits per heavy atom. The van der Waals surface area contributed by atoms with E-state index in [2.05, 4.69) is 17.0 Å². The number of para-hydroxylation sites is 1. The monoisotopic (exact) mass is 410 g/mol. The Kier molecular flexibility index (Phi) is 6.13. The number of imide groups is 1. The van der Waals surface area contributed by atoms with Crippen LogP contribution in [0.4, 0.5) is 10.1 Å². The quantitative estimate of drug-likeness (QED) is 0.680. The minimum atomic E-state index is -0.544. The fraction of sp³-hybridized carbons (Fsp3) is 0.417. The molecule has 0 radical (unpaired) electrons. The van der Waals surface area contributed by atoms with Crippen molar-refractivity contribution in [3.8, 4) is 5.75 Å². The topological polar surface area (TPSA) is 49.9 Å². The molecule has 5 nitrogen and oxygen atoms in total. The van der Waals surface area contributed by atoms with Gasteiger partial charge in [-0.15, -0.1) is 0 Å². The zero-order valence-corrected chi connectivity index (χ0v) is 17.2. The van der Waals surface area contributed by atoms with Crippen molar-refractivity contribution in [2.45, 2.75) is 38.1 Å². The average molecular weight is 410 g/mol. The number of likely N-dealkylation sites (tertiary alicyclic amines) is 1. The fourth-order valence-electron chi connectivity index (χ4n) is 4.50. The number of hydrogen-bond donors (Lipinski definition) is 0. The normalized spacial score (nSPS) is 20.7. The molecule has 4 rings (SSSR count). The van der Waals surface area contributed by atoms with E-state index in [0.717, 1.165) is 49.4 Å². The SMILES string of the molecule is COc1ccc(CCC2CCN(C3CC(=O)N(c4ccccc4F)C3=O)CC2)cc1. The van der Waals surface area contributed by atoms with Gasteiger partial charge in [0.15, 0.2) is 0 Å². The molecule has 0 aliphatic carbocycles. The summed E-state index contributed by atoms with van der Waals surface area (Å²) in [5.41, 5.74) is 1.36. The average Bonchev–Trinajstić information content (AvgIpc) is 3.07. The zero-order valence-electron chi connectivity index (χ0n) is 17.2. The Bertz CT molecular complexity index is 907. The van der Waals surface area contributed by atoms with Crippen LogP contribution in [0.5, 0.6) is 5.75 Å². The van der Waals surface area contributed by atoms with Crippen LogP contribution in [0.3, 0.4) is 0 Å². The van der Waals surface area contributed by atoms with Crippen molar-refractivity contribution in [2.24, 2.45) is 5.92 Å². The number of piperidine rings is 1. The van der Waals surface area contributed by atoms with Crippen LogP contribution in [0.2, 0.25) is 0 Å². The molecule has 0 spiro atoms. The Hall–Kier alpha value is -2.73. The van der Waals surface area contributed by atoms with E-state index in [4.69, 9.17) is 4.74 Å². The van der Waals surface area contributed by atoms with E-state index in [9.17, 15) is 14.0 Å². The molecule has 30 heavy (non-hydrogen) atoms. The number of benzene rings is 2. The summed E-state index contributed by atoms with van der Waals surface area (Å²) in [4.78, 5) is 28.5. The van der Waals surface area contributed by atoms with Crippen LogP contribution >= 0.6 is 0 Å². The zero-order chi connectivity index (χ0) is 21.1. The van der Waals surface area contributed by atoms with Crippen LogP contribution in [0.1, 0.15) is 31.2 Å². The fourth-order valence-corrected chi connectivity index (χ4v) is 4.50. The molecular weight excluding hydrogens is 383 g/mol.